The lowest BCUT2D eigenvalue weighted by Crippen LogP contribution is -2.44. The first-order valence-corrected chi connectivity index (χ1v) is 6.53. The van der Waals surface area contributed by atoms with Crippen LogP contribution in [0.5, 0.6) is 0 Å². The Labute approximate surface area is 120 Å². The number of Topliss-reactive ketones (excluding diaryl/α,β-unsaturated/α-hetero) is 1. The summed E-state index contributed by atoms with van der Waals surface area (Å²) < 4.78 is 64.2. The van der Waals surface area contributed by atoms with E-state index in [1.165, 1.54) is 12.1 Å². The second kappa shape index (κ2) is 5.73. The number of rotatable bonds is 4. The van der Waals surface area contributed by atoms with Crippen LogP contribution in [0.4, 0.5) is 22.0 Å². The fourth-order valence-electron chi connectivity index (χ4n) is 2.10. The van der Waals surface area contributed by atoms with Crippen LogP contribution in [0.3, 0.4) is 0 Å². The second-order valence-corrected chi connectivity index (χ2v) is 5.52. The number of ketones is 1. The van der Waals surface area contributed by atoms with Crippen molar-refractivity contribution in [2.75, 3.05) is 0 Å². The minimum atomic E-state index is -5.90. The molecule has 0 fully saturated rings. The third-order valence-electron chi connectivity index (χ3n) is 3.24. The van der Waals surface area contributed by atoms with Crippen LogP contribution >= 0.6 is 0 Å². The number of hydrogen-bond acceptors (Lipinski definition) is 1. The van der Waals surface area contributed by atoms with Gasteiger partial charge in [-0.15, -0.1) is 0 Å². The van der Waals surface area contributed by atoms with Gasteiger partial charge in [-0.05, 0) is 23.0 Å². The van der Waals surface area contributed by atoms with E-state index in [2.05, 4.69) is 0 Å². The van der Waals surface area contributed by atoms with Gasteiger partial charge >= 0.3 is 12.1 Å². The van der Waals surface area contributed by atoms with Crippen LogP contribution in [0, 0.1) is 0 Å². The molecule has 0 aromatic heterocycles. The van der Waals surface area contributed by atoms with E-state index >= 15 is 0 Å². The Morgan fingerprint density at radius 3 is 1.57 bits per heavy atom. The van der Waals surface area contributed by atoms with E-state index < -0.39 is 23.4 Å². The Kier molecular flexibility index (Phi) is 4.80. The molecular formula is C15H17F5O. The number of hydrogen-bond donors (Lipinski definition) is 0. The standard InChI is InChI=1S/C15H17F5O/c1-8(2)10-6-5-7-11(9(3)4)12(10)13(21)14(16,17)15(18,19)20/h5-9H,1-4H3. The summed E-state index contributed by atoms with van der Waals surface area (Å²) in [6, 6.07) is 4.39. The molecule has 0 atom stereocenters. The van der Waals surface area contributed by atoms with Crippen LogP contribution < -0.4 is 0 Å². The lowest BCUT2D eigenvalue weighted by atomic mass is 9.85. The molecule has 1 aromatic carbocycles. The van der Waals surface area contributed by atoms with Crippen molar-refractivity contribution in [3.05, 3.63) is 34.9 Å². The van der Waals surface area contributed by atoms with Gasteiger partial charge in [0.2, 0.25) is 5.78 Å². The van der Waals surface area contributed by atoms with Crippen LogP contribution in [0.2, 0.25) is 0 Å². The maximum Gasteiger partial charge on any atom is 0.461 e. The van der Waals surface area contributed by atoms with Crippen molar-refractivity contribution < 1.29 is 26.7 Å². The van der Waals surface area contributed by atoms with Crippen LogP contribution in [0.25, 0.3) is 0 Å². The molecule has 0 amide bonds. The summed E-state index contributed by atoms with van der Waals surface area (Å²) >= 11 is 0. The quantitative estimate of drug-likeness (QED) is 0.544. The van der Waals surface area contributed by atoms with Gasteiger partial charge in [-0.1, -0.05) is 45.9 Å². The number of benzene rings is 1. The van der Waals surface area contributed by atoms with Gasteiger partial charge in [-0.3, -0.25) is 4.79 Å². The van der Waals surface area contributed by atoms with Crippen molar-refractivity contribution in [2.24, 2.45) is 0 Å². The number of carbonyl (C=O) groups is 1. The van der Waals surface area contributed by atoms with E-state index in [0.717, 1.165) is 0 Å². The first-order chi connectivity index (χ1) is 9.41. The smallest absolute Gasteiger partial charge is 0.287 e. The number of carbonyl (C=O) groups excluding carboxylic acids is 1. The molecule has 0 N–H and O–H groups in total. The van der Waals surface area contributed by atoms with E-state index in [9.17, 15) is 26.7 Å². The summed E-state index contributed by atoms with van der Waals surface area (Å²) in [5.74, 6) is -8.25. The van der Waals surface area contributed by atoms with Gasteiger partial charge in [0.15, 0.2) is 0 Å². The first kappa shape index (κ1) is 17.6. The van der Waals surface area contributed by atoms with Crippen LogP contribution in [0.1, 0.15) is 61.0 Å². The highest BCUT2D eigenvalue weighted by atomic mass is 19.4. The minimum absolute atomic E-state index is 0.204. The molecule has 1 nitrogen and oxygen atoms in total. The maximum atomic E-state index is 13.4. The average molecular weight is 308 g/mol. The summed E-state index contributed by atoms with van der Waals surface area (Å²) in [7, 11) is 0. The molecule has 0 aliphatic carbocycles. The van der Waals surface area contributed by atoms with Gasteiger partial charge < -0.3 is 0 Å². The predicted molar refractivity (Wildman–Crippen MR) is 70.0 cm³/mol. The Bertz CT molecular complexity index is 503. The monoisotopic (exact) mass is 308 g/mol. The van der Waals surface area contributed by atoms with E-state index in [1.54, 1.807) is 33.8 Å². The molecule has 0 aliphatic heterocycles. The van der Waals surface area contributed by atoms with Gasteiger partial charge in [0.25, 0.3) is 0 Å². The highest BCUT2D eigenvalue weighted by Crippen LogP contribution is 2.41. The Balaban J connectivity index is 3.58. The molecule has 0 heterocycles. The summed E-state index contributed by atoms with van der Waals surface area (Å²) in [6.07, 6.45) is -5.90. The molecule has 6 heteroatoms. The van der Waals surface area contributed by atoms with Crippen LogP contribution in [-0.2, 0) is 0 Å². The minimum Gasteiger partial charge on any atom is -0.287 e. The van der Waals surface area contributed by atoms with Gasteiger partial charge in [0.1, 0.15) is 0 Å². The third kappa shape index (κ3) is 3.24. The lowest BCUT2D eigenvalue weighted by Gasteiger charge is -2.23. The fourth-order valence-corrected chi connectivity index (χ4v) is 2.10. The number of halogens is 5. The van der Waals surface area contributed by atoms with Crippen molar-refractivity contribution in [3.8, 4) is 0 Å². The zero-order chi connectivity index (χ0) is 16.6. The zero-order valence-electron chi connectivity index (χ0n) is 12.2. The topological polar surface area (TPSA) is 17.1 Å². The lowest BCUT2D eigenvalue weighted by molar-refractivity contribution is -0.255. The summed E-state index contributed by atoms with van der Waals surface area (Å²) in [6.45, 7) is 6.56. The third-order valence-corrected chi connectivity index (χ3v) is 3.24. The van der Waals surface area contributed by atoms with Crippen molar-refractivity contribution >= 4 is 5.78 Å². The van der Waals surface area contributed by atoms with E-state index in [-0.39, 0.29) is 23.0 Å². The predicted octanol–water partition coefficient (Wildman–Crippen LogP) is 5.31. The molecule has 0 unspecified atom stereocenters. The molecule has 0 radical (unpaired) electrons. The summed E-state index contributed by atoms with van der Waals surface area (Å²) in [4.78, 5) is 11.9. The summed E-state index contributed by atoms with van der Waals surface area (Å²) in [5, 5.41) is 0. The molecule has 0 spiro atoms. The molecule has 118 valence electrons. The fraction of sp³-hybridized carbons (Fsp3) is 0.533. The molecule has 0 saturated heterocycles. The highest BCUT2D eigenvalue weighted by molar-refractivity contribution is 6.04. The largest absolute Gasteiger partial charge is 0.461 e. The van der Waals surface area contributed by atoms with Gasteiger partial charge in [-0.25, -0.2) is 0 Å². The SMILES string of the molecule is CC(C)c1cccc(C(C)C)c1C(=O)C(F)(F)C(F)(F)F. The van der Waals surface area contributed by atoms with Crippen molar-refractivity contribution in [2.45, 2.75) is 51.6 Å². The second-order valence-electron chi connectivity index (χ2n) is 5.52. The highest BCUT2D eigenvalue weighted by Gasteiger charge is 2.63. The molecule has 0 bridgehead atoms. The average Bonchev–Trinajstić information content (AvgIpc) is 2.35. The van der Waals surface area contributed by atoms with Crippen molar-refractivity contribution in [1.29, 1.82) is 0 Å². The van der Waals surface area contributed by atoms with Gasteiger partial charge in [-0.2, -0.15) is 22.0 Å². The normalized spacial score (nSPS) is 13.1. The van der Waals surface area contributed by atoms with Gasteiger partial charge in [0, 0.05) is 5.56 Å². The van der Waals surface area contributed by atoms with Crippen LogP contribution in [-0.4, -0.2) is 17.9 Å². The Morgan fingerprint density at radius 1 is 0.905 bits per heavy atom. The molecule has 0 saturated carbocycles. The number of alkyl halides is 5. The zero-order valence-corrected chi connectivity index (χ0v) is 12.2. The van der Waals surface area contributed by atoms with E-state index in [4.69, 9.17) is 0 Å². The van der Waals surface area contributed by atoms with E-state index in [0.29, 0.717) is 0 Å². The molecular weight excluding hydrogens is 291 g/mol. The Morgan fingerprint density at radius 2 is 1.29 bits per heavy atom. The van der Waals surface area contributed by atoms with Crippen molar-refractivity contribution in [3.63, 3.8) is 0 Å². The summed E-state index contributed by atoms with van der Waals surface area (Å²) in [5.41, 5.74) is -0.102. The molecule has 1 aromatic rings. The molecule has 21 heavy (non-hydrogen) atoms. The maximum absolute atomic E-state index is 13.4. The van der Waals surface area contributed by atoms with Crippen LogP contribution in [0.15, 0.2) is 18.2 Å². The van der Waals surface area contributed by atoms with E-state index in [1.807, 2.05) is 0 Å². The molecule has 0 aliphatic rings. The van der Waals surface area contributed by atoms with Gasteiger partial charge in [0.05, 0.1) is 0 Å². The molecule has 1 rings (SSSR count). The first-order valence-electron chi connectivity index (χ1n) is 6.53. The van der Waals surface area contributed by atoms with Crippen molar-refractivity contribution in [1.82, 2.24) is 0 Å². The Hall–Kier alpha value is -1.46.